The second-order valence-corrected chi connectivity index (χ2v) is 29.0. The second-order valence-electron chi connectivity index (χ2n) is 29.0. The van der Waals surface area contributed by atoms with Crippen LogP contribution in [0.2, 0.25) is 0 Å². The van der Waals surface area contributed by atoms with Crippen LogP contribution < -0.4 is 0 Å². The van der Waals surface area contributed by atoms with Crippen LogP contribution in [-0.2, 0) is 22.9 Å². The smallest absolute Gasteiger partial charge is 0.493 e. The number of hydrogen-bond acceptors (Lipinski definition) is 0. The van der Waals surface area contributed by atoms with Gasteiger partial charge in [-0.1, -0.05) is 443 Å². The summed E-state index contributed by atoms with van der Waals surface area (Å²) in [6.07, 6.45) is 96.0. The van der Waals surface area contributed by atoms with E-state index in [2.05, 4.69) is 103 Å². The summed E-state index contributed by atoms with van der Waals surface area (Å²) in [6, 6.07) is 17.2. The minimum atomic E-state index is 0. The van der Waals surface area contributed by atoms with Crippen molar-refractivity contribution in [2.45, 2.75) is 458 Å². The molecular formula is C89H160N2Ni. The number of unbranched alkanes of at least 4 members (excludes halogenated alkanes) is 60. The minimum Gasteiger partial charge on any atom is -0.493 e. The van der Waals surface area contributed by atoms with Crippen LogP contribution in [0, 0.1) is 20.8 Å². The molecule has 2 aromatic rings. The Kier molecular flexibility index (Phi) is 71.7. The maximum absolute atomic E-state index is 11.2. The molecule has 2 aromatic carbocycles. The van der Waals surface area contributed by atoms with Gasteiger partial charge in [-0.3, -0.25) is 0 Å². The number of hydrogen-bond donors (Lipinski definition) is 0. The first-order valence-corrected chi connectivity index (χ1v) is 41.7. The maximum atomic E-state index is 11.2. The molecule has 3 heteroatoms. The fourth-order valence-corrected chi connectivity index (χ4v) is 13.7. The fraction of sp³-hybridized carbons (Fsp3) is 0.798. The zero-order valence-corrected chi connectivity index (χ0v) is 64.0. The summed E-state index contributed by atoms with van der Waals surface area (Å²) in [4.78, 5) is 0. The molecule has 0 atom stereocenters. The van der Waals surface area contributed by atoms with Crippen molar-refractivity contribution in [2.24, 2.45) is 0 Å². The van der Waals surface area contributed by atoms with Gasteiger partial charge < -0.3 is 19.4 Å². The van der Waals surface area contributed by atoms with Gasteiger partial charge in [-0.15, -0.1) is 0 Å². The molecule has 0 radical (unpaired) electrons. The molecule has 1 aliphatic heterocycles. The van der Waals surface area contributed by atoms with Gasteiger partial charge in [0, 0.05) is 22.8 Å². The van der Waals surface area contributed by atoms with Crippen LogP contribution in [0.1, 0.15) is 467 Å². The van der Waals surface area contributed by atoms with Gasteiger partial charge in [-0.2, -0.15) is 12.8 Å². The standard InChI is InChI=1S/2C30H61.C29H38N2.Ni/c2*1-3-5-7-9-11-13-15-17-19-21-23-25-27-29-30-28-26-24-22-20-18-16-14-12-10-8-6-4-2;1-4-6-8-9-10-11-13-24-14-12-16-26(21-24)29-27(15-7-5-2)22-28(31(29)30)25-19-17-23(3)18-20-25;/h2*1,3-30H2,2H3;12,14,16-22H,4-11,13,15H2,1-3H3;/q2*-1;;+2. The van der Waals surface area contributed by atoms with E-state index in [-0.39, 0.29) is 16.5 Å². The maximum Gasteiger partial charge on any atom is 2.00 e. The molecule has 0 amide bonds. The first-order valence-electron chi connectivity index (χ1n) is 41.7. The monoisotopic (exact) mass is 1320 g/mol. The quantitative estimate of drug-likeness (QED) is 0.0273. The average molecular weight is 1320 g/mol. The number of benzene rings is 2. The van der Waals surface area contributed by atoms with Crippen molar-refractivity contribution < 1.29 is 21.2 Å². The van der Waals surface area contributed by atoms with Crippen molar-refractivity contribution in [2.75, 3.05) is 0 Å². The Bertz CT molecular complexity index is 1740. The van der Waals surface area contributed by atoms with E-state index in [4.69, 9.17) is 0 Å². The van der Waals surface area contributed by atoms with Crippen LogP contribution >= 0.6 is 0 Å². The Balaban J connectivity index is 0.00000134. The average Bonchev–Trinajstić information content (AvgIpc) is 1.64. The molecular weight excluding hydrogens is 1160 g/mol. The van der Waals surface area contributed by atoms with Crippen LogP contribution in [0.15, 0.2) is 60.2 Å². The Morgan fingerprint density at radius 3 is 0.826 bits per heavy atom. The Hall–Kier alpha value is -1.99. The molecule has 0 bridgehead atoms. The van der Waals surface area contributed by atoms with E-state index in [1.54, 1.807) is 0 Å². The summed E-state index contributed by atoms with van der Waals surface area (Å²) in [5.41, 5.74) is 19.0. The van der Waals surface area contributed by atoms with Gasteiger partial charge in [0.25, 0.3) is 0 Å². The third-order valence-electron chi connectivity index (χ3n) is 19.9. The van der Waals surface area contributed by atoms with E-state index in [1.165, 1.54) is 407 Å². The topological polar surface area (TPSA) is 25.3 Å². The van der Waals surface area contributed by atoms with Crippen molar-refractivity contribution in [3.63, 3.8) is 0 Å². The first kappa shape index (κ1) is 90.0. The van der Waals surface area contributed by atoms with E-state index in [9.17, 15) is 5.53 Å². The summed E-state index contributed by atoms with van der Waals surface area (Å²) < 4.78 is 1.42. The first-order chi connectivity index (χ1) is 45.0. The molecule has 1 aliphatic rings. The molecule has 92 heavy (non-hydrogen) atoms. The minimum absolute atomic E-state index is 0. The van der Waals surface area contributed by atoms with Crippen molar-refractivity contribution in [1.29, 1.82) is 0 Å². The molecule has 0 unspecified atom stereocenters. The van der Waals surface area contributed by atoms with E-state index in [0.717, 1.165) is 61.0 Å². The van der Waals surface area contributed by atoms with Gasteiger partial charge in [0.05, 0.1) is 0 Å². The van der Waals surface area contributed by atoms with E-state index in [0.29, 0.717) is 0 Å². The van der Waals surface area contributed by atoms with Crippen LogP contribution in [0.5, 0.6) is 0 Å². The van der Waals surface area contributed by atoms with Gasteiger partial charge in [0.2, 0.25) is 11.4 Å². The Labute approximate surface area is 589 Å². The van der Waals surface area contributed by atoms with E-state index >= 15 is 0 Å². The molecule has 1 heterocycles. The molecule has 0 N–H and O–H groups in total. The summed E-state index contributed by atoms with van der Waals surface area (Å²) in [5.74, 6) is 0. The van der Waals surface area contributed by atoms with E-state index < -0.39 is 0 Å². The summed E-state index contributed by atoms with van der Waals surface area (Å²) in [6.45, 7) is 19.0. The van der Waals surface area contributed by atoms with Crippen molar-refractivity contribution in [3.05, 3.63) is 102 Å². The Morgan fingerprint density at radius 1 is 0.293 bits per heavy atom. The molecule has 536 valence electrons. The van der Waals surface area contributed by atoms with Gasteiger partial charge in [0.15, 0.2) is 0 Å². The molecule has 0 saturated heterocycles. The van der Waals surface area contributed by atoms with Crippen molar-refractivity contribution >= 4 is 11.4 Å². The SMILES string of the molecule is CCCCCCCCc1cccc(C2=C(CCCC)C=C(c3ccc(C)cc3)[N+]2=[N-])c1.[CH2-]CCCCCCCCCCCCCCCCCCCCCCCCCCCCC.[CH2-]CCCCCCCCCCCCCCCCCCCCCCCCCCCCC.[Ni+2]. The molecule has 3 rings (SSSR count). The molecule has 0 aliphatic carbocycles. The van der Waals surface area contributed by atoms with Crippen LogP contribution in [0.4, 0.5) is 0 Å². The molecule has 0 aromatic heterocycles. The Morgan fingerprint density at radius 2 is 0.554 bits per heavy atom. The van der Waals surface area contributed by atoms with Gasteiger partial charge in [-0.25, -0.2) is 4.70 Å². The van der Waals surface area contributed by atoms with Crippen molar-refractivity contribution in [3.8, 4) is 0 Å². The van der Waals surface area contributed by atoms with Crippen molar-refractivity contribution in [1.82, 2.24) is 0 Å². The summed E-state index contributed by atoms with van der Waals surface area (Å²) in [7, 11) is 0. The zero-order chi connectivity index (χ0) is 65.7. The third kappa shape index (κ3) is 57.1. The van der Waals surface area contributed by atoms with Crippen LogP contribution in [0.25, 0.3) is 16.9 Å². The molecule has 2 nitrogen and oxygen atoms in total. The predicted octanol–water partition coefficient (Wildman–Crippen LogP) is 32.4. The third-order valence-corrected chi connectivity index (χ3v) is 19.9. The number of rotatable bonds is 66. The largest absolute Gasteiger partial charge is 2.00 e. The summed E-state index contributed by atoms with van der Waals surface area (Å²) >= 11 is 0. The normalized spacial score (nSPS) is 12.1. The number of allylic oxidation sites excluding steroid dienone is 2. The predicted molar refractivity (Wildman–Crippen MR) is 413 cm³/mol. The molecule has 0 fully saturated rings. The van der Waals surface area contributed by atoms with Crippen LogP contribution in [-0.4, -0.2) is 4.70 Å². The fourth-order valence-electron chi connectivity index (χ4n) is 13.7. The number of nitrogens with zero attached hydrogens (tertiary/aromatic N) is 2. The molecule has 0 saturated carbocycles. The van der Waals surface area contributed by atoms with Gasteiger partial charge >= 0.3 is 16.5 Å². The second kappa shape index (κ2) is 73.3. The van der Waals surface area contributed by atoms with Crippen LogP contribution in [0.3, 0.4) is 0 Å². The number of aryl methyl sites for hydroxylation is 2. The zero-order valence-electron chi connectivity index (χ0n) is 63.0. The van der Waals surface area contributed by atoms with Gasteiger partial charge in [0.1, 0.15) is 0 Å². The van der Waals surface area contributed by atoms with Gasteiger partial charge in [-0.05, 0) is 62.4 Å². The summed E-state index contributed by atoms with van der Waals surface area (Å²) in [5, 5.41) is 0. The molecule has 0 spiro atoms. The van der Waals surface area contributed by atoms with E-state index in [1.807, 2.05) is 0 Å².